The van der Waals surface area contributed by atoms with Gasteiger partial charge >= 0.3 is 0 Å². The van der Waals surface area contributed by atoms with Gasteiger partial charge < -0.3 is 15.2 Å². The fraction of sp³-hybridized carbons (Fsp3) is 0.611. The molecule has 1 saturated heterocycles. The molecule has 0 atom stereocenters. The standard InChI is InChI=1S/C18H28N2O3/c1-4-18(13-21)7-9-20(10-8-18)12-17(22)19-15-11-14(2)5-6-16(15)23-3/h5-6,11,21H,4,7-10,12-13H2,1-3H3,(H,19,22). The molecule has 23 heavy (non-hydrogen) atoms. The summed E-state index contributed by atoms with van der Waals surface area (Å²) in [6.45, 7) is 6.44. The predicted octanol–water partition coefficient (Wildman–Crippen LogP) is 2.43. The van der Waals surface area contributed by atoms with Crippen molar-refractivity contribution >= 4 is 11.6 Å². The van der Waals surface area contributed by atoms with Crippen molar-refractivity contribution in [3.05, 3.63) is 23.8 Å². The van der Waals surface area contributed by atoms with Gasteiger partial charge in [0.1, 0.15) is 5.75 Å². The van der Waals surface area contributed by atoms with Crippen molar-refractivity contribution in [1.29, 1.82) is 0 Å². The van der Waals surface area contributed by atoms with E-state index in [9.17, 15) is 9.90 Å². The second kappa shape index (κ2) is 7.79. The van der Waals surface area contributed by atoms with E-state index < -0.39 is 0 Å². The van der Waals surface area contributed by atoms with Crippen LogP contribution in [0.25, 0.3) is 0 Å². The van der Waals surface area contributed by atoms with Crippen LogP contribution in [0.2, 0.25) is 0 Å². The second-order valence-corrected chi connectivity index (χ2v) is 6.54. The molecule has 0 aliphatic carbocycles. The summed E-state index contributed by atoms with van der Waals surface area (Å²) < 4.78 is 5.29. The number of amides is 1. The smallest absolute Gasteiger partial charge is 0.238 e. The van der Waals surface area contributed by atoms with Crippen molar-refractivity contribution in [3.63, 3.8) is 0 Å². The third-order valence-corrected chi connectivity index (χ3v) is 5.00. The Kier molecular flexibility index (Phi) is 6.02. The lowest BCUT2D eigenvalue weighted by Gasteiger charge is -2.39. The number of carbonyl (C=O) groups excluding carboxylic acids is 1. The number of ether oxygens (including phenoxy) is 1. The Balaban J connectivity index is 1.90. The zero-order chi connectivity index (χ0) is 16.9. The zero-order valence-corrected chi connectivity index (χ0v) is 14.4. The topological polar surface area (TPSA) is 61.8 Å². The summed E-state index contributed by atoms with van der Waals surface area (Å²) in [5.41, 5.74) is 1.84. The third kappa shape index (κ3) is 4.45. The van der Waals surface area contributed by atoms with E-state index in [1.165, 1.54) is 0 Å². The fourth-order valence-corrected chi connectivity index (χ4v) is 3.12. The normalized spacial score (nSPS) is 17.7. The van der Waals surface area contributed by atoms with Crippen LogP contribution in [0.15, 0.2) is 18.2 Å². The van der Waals surface area contributed by atoms with Gasteiger partial charge in [0.25, 0.3) is 0 Å². The highest BCUT2D eigenvalue weighted by molar-refractivity contribution is 5.93. The summed E-state index contributed by atoms with van der Waals surface area (Å²) in [5, 5.41) is 12.5. The molecule has 5 nitrogen and oxygen atoms in total. The molecule has 0 spiro atoms. The summed E-state index contributed by atoms with van der Waals surface area (Å²) in [4.78, 5) is 14.5. The van der Waals surface area contributed by atoms with E-state index in [-0.39, 0.29) is 17.9 Å². The van der Waals surface area contributed by atoms with E-state index >= 15 is 0 Å². The van der Waals surface area contributed by atoms with Crippen LogP contribution in [0, 0.1) is 12.3 Å². The first-order valence-corrected chi connectivity index (χ1v) is 8.29. The number of piperidine rings is 1. The molecule has 5 heteroatoms. The quantitative estimate of drug-likeness (QED) is 0.845. The van der Waals surface area contributed by atoms with Crippen LogP contribution >= 0.6 is 0 Å². The molecule has 0 unspecified atom stereocenters. The number of rotatable bonds is 6. The maximum absolute atomic E-state index is 12.3. The minimum atomic E-state index is -0.0260. The number of aliphatic hydroxyl groups excluding tert-OH is 1. The van der Waals surface area contributed by atoms with Gasteiger partial charge in [0.15, 0.2) is 0 Å². The highest BCUT2D eigenvalue weighted by Gasteiger charge is 2.32. The van der Waals surface area contributed by atoms with Crippen molar-refractivity contribution in [2.24, 2.45) is 5.41 Å². The number of hydrogen-bond acceptors (Lipinski definition) is 4. The van der Waals surface area contributed by atoms with Crippen molar-refractivity contribution in [2.45, 2.75) is 33.1 Å². The Morgan fingerprint density at radius 2 is 2.09 bits per heavy atom. The van der Waals surface area contributed by atoms with E-state index in [2.05, 4.69) is 17.1 Å². The van der Waals surface area contributed by atoms with E-state index in [4.69, 9.17) is 4.74 Å². The average molecular weight is 320 g/mol. The molecule has 0 radical (unpaired) electrons. The molecule has 1 aromatic rings. The maximum Gasteiger partial charge on any atom is 0.238 e. The van der Waals surface area contributed by atoms with Crippen LogP contribution in [-0.2, 0) is 4.79 Å². The number of nitrogens with zero attached hydrogens (tertiary/aromatic N) is 1. The maximum atomic E-state index is 12.3. The highest BCUT2D eigenvalue weighted by atomic mass is 16.5. The van der Waals surface area contributed by atoms with Gasteiger partial charge in [0.2, 0.25) is 5.91 Å². The SMILES string of the molecule is CCC1(CO)CCN(CC(=O)Nc2cc(C)ccc2OC)CC1. The van der Waals surface area contributed by atoms with Crippen LogP contribution in [0.3, 0.4) is 0 Å². The summed E-state index contributed by atoms with van der Waals surface area (Å²) in [6, 6.07) is 5.74. The van der Waals surface area contributed by atoms with Gasteiger partial charge in [0.05, 0.1) is 19.3 Å². The molecule has 2 rings (SSSR count). The Labute approximate surface area is 138 Å². The first kappa shape index (κ1) is 17.8. The van der Waals surface area contributed by atoms with Crippen molar-refractivity contribution < 1.29 is 14.6 Å². The minimum Gasteiger partial charge on any atom is -0.495 e. The number of nitrogens with one attached hydrogen (secondary N) is 1. The summed E-state index contributed by atoms with van der Waals surface area (Å²) in [7, 11) is 1.60. The summed E-state index contributed by atoms with van der Waals surface area (Å²) in [5.74, 6) is 0.648. The van der Waals surface area contributed by atoms with Crippen molar-refractivity contribution in [1.82, 2.24) is 4.90 Å². The Bertz CT molecular complexity index is 531. The molecule has 1 heterocycles. The van der Waals surface area contributed by atoms with Crippen molar-refractivity contribution in [3.8, 4) is 5.75 Å². The van der Waals surface area contributed by atoms with Gasteiger partial charge in [-0.25, -0.2) is 0 Å². The molecule has 0 saturated carbocycles. The van der Waals surface area contributed by atoms with Crippen LogP contribution in [0.5, 0.6) is 5.75 Å². The number of aliphatic hydroxyl groups is 1. The van der Waals surface area contributed by atoms with Crippen LogP contribution < -0.4 is 10.1 Å². The number of likely N-dealkylation sites (tertiary alicyclic amines) is 1. The zero-order valence-electron chi connectivity index (χ0n) is 14.4. The van der Waals surface area contributed by atoms with Gasteiger partial charge in [-0.1, -0.05) is 13.0 Å². The molecule has 1 aromatic carbocycles. The van der Waals surface area contributed by atoms with E-state index in [0.29, 0.717) is 18.0 Å². The minimum absolute atomic E-state index is 0.0260. The first-order valence-electron chi connectivity index (χ1n) is 8.29. The molecule has 1 aliphatic rings. The van der Waals surface area contributed by atoms with E-state index in [1.54, 1.807) is 7.11 Å². The molecular formula is C18H28N2O3. The van der Waals surface area contributed by atoms with Gasteiger partial charge in [-0.15, -0.1) is 0 Å². The number of methoxy groups -OCH3 is 1. The average Bonchev–Trinajstić information content (AvgIpc) is 2.56. The molecular weight excluding hydrogens is 292 g/mol. The van der Waals surface area contributed by atoms with Crippen LogP contribution in [-0.4, -0.2) is 49.3 Å². The van der Waals surface area contributed by atoms with E-state index in [1.807, 2.05) is 25.1 Å². The van der Waals surface area contributed by atoms with Gasteiger partial charge in [-0.2, -0.15) is 0 Å². The summed E-state index contributed by atoms with van der Waals surface area (Å²) >= 11 is 0. The molecule has 1 amide bonds. The Morgan fingerprint density at radius 1 is 1.39 bits per heavy atom. The number of benzene rings is 1. The van der Waals surface area contributed by atoms with Gasteiger partial charge in [-0.05, 0) is 62.4 Å². The summed E-state index contributed by atoms with van der Waals surface area (Å²) in [6.07, 6.45) is 2.88. The highest BCUT2D eigenvalue weighted by Crippen LogP contribution is 2.34. The van der Waals surface area contributed by atoms with Crippen LogP contribution in [0.4, 0.5) is 5.69 Å². The lowest BCUT2D eigenvalue weighted by Crippen LogP contribution is -2.44. The number of aryl methyl sites for hydroxylation is 1. The largest absolute Gasteiger partial charge is 0.495 e. The fourth-order valence-electron chi connectivity index (χ4n) is 3.12. The Morgan fingerprint density at radius 3 is 2.65 bits per heavy atom. The molecule has 2 N–H and O–H groups in total. The molecule has 1 fully saturated rings. The van der Waals surface area contributed by atoms with E-state index in [0.717, 1.165) is 37.9 Å². The molecule has 1 aliphatic heterocycles. The lowest BCUT2D eigenvalue weighted by atomic mass is 9.77. The lowest BCUT2D eigenvalue weighted by molar-refractivity contribution is -0.118. The van der Waals surface area contributed by atoms with Crippen molar-refractivity contribution in [2.75, 3.05) is 38.7 Å². The third-order valence-electron chi connectivity index (χ3n) is 5.00. The van der Waals surface area contributed by atoms with Gasteiger partial charge in [0, 0.05) is 6.61 Å². The monoisotopic (exact) mass is 320 g/mol. The molecule has 0 bridgehead atoms. The molecule has 0 aromatic heterocycles. The first-order chi connectivity index (χ1) is 11.0. The molecule has 128 valence electrons. The number of hydrogen-bond donors (Lipinski definition) is 2. The van der Waals surface area contributed by atoms with Crippen LogP contribution in [0.1, 0.15) is 31.7 Å². The predicted molar refractivity (Wildman–Crippen MR) is 91.8 cm³/mol. The number of anilines is 1. The number of carbonyl (C=O) groups is 1. The second-order valence-electron chi connectivity index (χ2n) is 6.54. The Hall–Kier alpha value is -1.59. The van der Waals surface area contributed by atoms with Gasteiger partial charge in [-0.3, -0.25) is 9.69 Å².